The summed E-state index contributed by atoms with van der Waals surface area (Å²) in [5.41, 5.74) is 1.34. The zero-order valence-corrected chi connectivity index (χ0v) is 18.7. The summed E-state index contributed by atoms with van der Waals surface area (Å²) >= 11 is 0. The lowest BCUT2D eigenvalue weighted by Gasteiger charge is -2.37. The molecule has 0 spiro atoms. The Kier molecular flexibility index (Phi) is 6.92. The summed E-state index contributed by atoms with van der Waals surface area (Å²) in [5, 5.41) is 8.56. The Bertz CT molecular complexity index is 1440. The number of benzene rings is 1. The molecule has 5 rings (SSSR count). The normalized spacial score (nSPS) is 17.2. The van der Waals surface area contributed by atoms with Gasteiger partial charge in [0.05, 0.1) is 17.4 Å². The number of H-pyrrole nitrogens is 1. The standard InChI is InChI=1S/C21H17F2N5O2.C2HF3O2/c22-21(23)8-10-28(20(29)18-14-7-9-24-19(14)26-12-25-18)11-16(21)30-17-6-5-13-3-1-2-4-15(13)27-17;3-2(4,5)1(6)7/h1-7,9,12,16H,8,10-11H2,(H,24,25,26);(H,6,7). The van der Waals surface area contributed by atoms with Crippen molar-refractivity contribution in [3.05, 3.63) is 60.7 Å². The minimum atomic E-state index is -5.08. The van der Waals surface area contributed by atoms with E-state index in [1.807, 2.05) is 18.2 Å². The highest BCUT2D eigenvalue weighted by Crippen LogP contribution is 2.32. The first-order valence-electron chi connectivity index (χ1n) is 10.7. The number of carboxylic acids is 1. The second kappa shape index (κ2) is 9.95. The fraction of sp³-hybridized carbons (Fsp3) is 0.261. The van der Waals surface area contributed by atoms with Crippen LogP contribution >= 0.6 is 0 Å². The number of fused-ring (bicyclic) bond motifs is 2. The van der Waals surface area contributed by atoms with Crippen molar-refractivity contribution in [3.8, 4) is 5.88 Å². The van der Waals surface area contributed by atoms with E-state index in [4.69, 9.17) is 14.6 Å². The SMILES string of the molecule is O=C(O)C(F)(F)F.O=C(c1ncnc2[nH]ccc12)N1CCC(F)(F)C(Oc2ccc3ccccc3n2)C1. The third-order valence-corrected chi connectivity index (χ3v) is 5.49. The third-order valence-electron chi connectivity index (χ3n) is 5.49. The van der Waals surface area contributed by atoms with Crippen molar-refractivity contribution in [3.63, 3.8) is 0 Å². The number of ether oxygens (including phenoxy) is 1. The Morgan fingerprint density at radius 2 is 1.84 bits per heavy atom. The molecule has 0 radical (unpaired) electrons. The molecule has 2 N–H and O–H groups in total. The van der Waals surface area contributed by atoms with Crippen LogP contribution in [0.2, 0.25) is 0 Å². The number of aromatic nitrogens is 4. The number of rotatable bonds is 3. The van der Waals surface area contributed by atoms with Crippen LogP contribution in [-0.4, -0.2) is 73.1 Å². The van der Waals surface area contributed by atoms with E-state index in [0.29, 0.717) is 16.6 Å². The summed E-state index contributed by atoms with van der Waals surface area (Å²) < 4.78 is 66.5. The van der Waals surface area contributed by atoms with E-state index in [1.54, 1.807) is 30.5 Å². The molecule has 1 saturated heterocycles. The van der Waals surface area contributed by atoms with Gasteiger partial charge in [0.25, 0.3) is 11.8 Å². The zero-order chi connectivity index (χ0) is 26.8. The Morgan fingerprint density at radius 1 is 1.11 bits per heavy atom. The van der Waals surface area contributed by atoms with Gasteiger partial charge in [0.15, 0.2) is 6.10 Å². The third kappa shape index (κ3) is 5.73. The summed E-state index contributed by atoms with van der Waals surface area (Å²) in [7, 11) is 0. The molecule has 4 aromatic rings. The average Bonchev–Trinajstić information content (AvgIpc) is 3.34. The Balaban J connectivity index is 0.000000405. The van der Waals surface area contributed by atoms with Crippen LogP contribution in [0, 0.1) is 0 Å². The molecule has 37 heavy (non-hydrogen) atoms. The minimum absolute atomic E-state index is 0.0905. The first-order valence-corrected chi connectivity index (χ1v) is 10.7. The molecule has 1 atom stereocenters. The van der Waals surface area contributed by atoms with Crippen LogP contribution in [0.1, 0.15) is 16.9 Å². The summed E-state index contributed by atoms with van der Waals surface area (Å²) in [6.07, 6.45) is -4.17. The molecule has 14 heteroatoms. The molecule has 194 valence electrons. The van der Waals surface area contributed by atoms with Crippen molar-refractivity contribution in [2.45, 2.75) is 24.6 Å². The van der Waals surface area contributed by atoms with Gasteiger partial charge in [0, 0.05) is 30.6 Å². The van der Waals surface area contributed by atoms with Crippen LogP contribution in [0.3, 0.4) is 0 Å². The second-order valence-electron chi connectivity index (χ2n) is 7.98. The van der Waals surface area contributed by atoms with Crippen molar-refractivity contribution in [2.75, 3.05) is 13.1 Å². The first-order chi connectivity index (χ1) is 17.5. The predicted octanol–water partition coefficient (Wildman–Crippen LogP) is 4.07. The lowest BCUT2D eigenvalue weighted by molar-refractivity contribution is -0.192. The van der Waals surface area contributed by atoms with Gasteiger partial charge in [0.1, 0.15) is 17.7 Å². The van der Waals surface area contributed by atoms with Gasteiger partial charge in [-0.15, -0.1) is 0 Å². The first kappa shape index (κ1) is 25.7. The number of halogens is 5. The Hall–Kier alpha value is -4.36. The number of aromatic amines is 1. The number of hydrogen-bond donors (Lipinski definition) is 2. The van der Waals surface area contributed by atoms with E-state index in [1.165, 1.54) is 11.2 Å². The molecule has 9 nitrogen and oxygen atoms in total. The van der Waals surface area contributed by atoms with Gasteiger partial charge in [-0.2, -0.15) is 13.2 Å². The van der Waals surface area contributed by atoms with Crippen molar-refractivity contribution < 1.29 is 41.4 Å². The van der Waals surface area contributed by atoms with Crippen LogP contribution in [-0.2, 0) is 4.79 Å². The molecule has 1 unspecified atom stereocenters. The van der Waals surface area contributed by atoms with Gasteiger partial charge in [0.2, 0.25) is 5.88 Å². The number of nitrogens with one attached hydrogen (secondary N) is 1. The number of carbonyl (C=O) groups excluding carboxylic acids is 1. The maximum Gasteiger partial charge on any atom is 0.490 e. The van der Waals surface area contributed by atoms with Gasteiger partial charge in [-0.1, -0.05) is 18.2 Å². The number of aliphatic carboxylic acids is 1. The van der Waals surface area contributed by atoms with Crippen molar-refractivity contribution in [1.82, 2.24) is 24.8 Å². The van der Waals surface area contributed by atoms with Crippen LogP contribution in [0.25, 0.3) is 21.9 Å². The number of alkyl halides is 5. The quantitative estimate of drug-likeness (QED) is 0.389. The smallest absolute Gasteiger partial charge is 0.475 e. The number of para-hydroxylation sites is 1. The monoisotopic (exact) mass is 523 g/mol. The minimum Gasteiger partial charge on any atom is -0.475 e. The molecule has 0 bridgehead atoms. The molecule has 1 aliphatic heterocycles. The van der Waals surface area contributed by atoms with Crippen LogP contribution in [0.4, 0.5) is 22.0 Å². The second-order valence-corrected chi connectivity index (χ2v) is 7.98. The molecule has 1 fully saturated rings. The summed E-state index contributed by atoms with van der Waals surface area (Å²) in [4.78, 5) is 38.6. The Labute approximate surface area is 204 Å². The number of nitrogens with zero attached hydrogens (tertiary/aromatic N) is 4. The number of likely N-dealkylation sites (tertiary alicyclic amines) is 1. The number of hydrogen-bond acceptors (Lipinski definition) is 6. The highest BCUT2D eigenvalue weighted by molar-refractivity contribution is 6.03. The molecule has 1 aromatic carbocycles. The van der Waals surface area contributed by atoms with Gasteiger partial charge in [-0.3, -0.25) is 4.79 Å². The average molecular weight is 523 g/mol. The van der Waals surface area contributed by atoms with Gasteiger partial charge < -0.3 is 19.7 Å². The van der Waals surface area contributed by atoms with Crippen molar-refractivity contribution in [1.29, 1.82) is 0 Å². The number of carbonyl (C=O) groups is 2. The molecule has 1 aliphatic rings. The molecule has 0 aliphatic carbocycles. The highest BCUT2D eigenvalue weighted by Gasteiger charge is 2.47. The fourth-order valence-corrected chi connectivity index (χ4v) is 3.63. The Morgan fingerprint density at radius 3 is 2.57 bits per heavy atom. The highest BCUT2D eigenvalue weighted by atomic mass is 19.4. The summed E-state index contributed by atoms with van der Waals surface area (Å²) in [6.45, 7) is -0.358. The van der Waals surface area contributed by atoms with Crippen LogP contribution < -0.4 is 4.74 Å². The largest absolute Gasteiger partial charge is 0.490 e. The zero-order valence-electron chi connectivity index (χ0n) is 18.7. The van der Waals surface area contributed by atoms with E-state index in [9.17, 15) is 26.7 Å². The van der Waals surface area contributed by atoms with Gasteiger partial charge in [-0.25, -0.2) is 28.5 Å². The lowest BCUT2D eigenvalue weighted by atomic mass is 10.0. The lowest BCUT2D eigenvalue weighted by Crippen LogP contribution is -2.55. The van der Waals surface area contributed by atoms with E-state index < -0.39 is 36.5 Å². The van der Waals surface area contributed by atoms with Crippen LogP contribution in [0.15, 0.2) is 55.0 Å². The number of pyridine rings is 1. The van der Waals surface area contributed by atoms with E-state index in [-0.39, 0.29) is 24.7 Å². The molecule has 3 aromatic heterocycles. The van der Waals surface area contributed by atoms with Crippen molar-refractivity contribution in [2.24, 2.45) is 0 Å². The molecule has 4 heterocycles. The van der Waals surface area contributed by atoms with Gasteiger partial charge in [-0.05, 0) is 18.2 Å². The molecule has 1 amide bonds. The maximum absolute atomic E-state index is 14.6. The van der Waals surface area contributed by atoms with Gasteiger partial charge >= 0.3 is 12.1 Å². The molecular formula is C23H18F5N5O4. The van der Waals surface area contributed by atoms with E-state index in [0.717, 1.165) is 5.39 Å². The van der Waals surface area contributed by atoms with Crippen molar-refractivity contribution >= 4 is 33.8 Å². The summed E-state index contributed by atoms with van der Waals surface area (Å²) in [6, 6.07) is 12.4. The topological polar surface area (TPSA) is 121 Å². The fourth-order valence-electron chi connectivity index (χ4n) is 3.63. The summed E-state index contributed by atoms with van der Waals surface area (Å²) in [5.74, 6) is -6.17. The number of carboxylic acid groups (broad SMARTS) is 1. The molecular weight excluding hydrogens is 505 g/mol. The van der Waals surface area contributed by atoms with Crippen LogP contribution in [0.5, 0.6) is 5.88 Å². The maximum atomic E-state index is 14.6. The number of amides is 1. The molecule has 0 saturated carbocycles. The van der Waals surface area contributed by atoms with E-state index in [2.05, 4.69) is 19.9 Å². The van der Waals surface area contributed by atoms with E-state index >= 15 is 0 Å². The predicted molar refractivity (Wildman–Crippen MR) is 119 cm³/mol. The number of piperidine rings is 1.